The van der Waals surface area contributed by atoms with E-state index in [9.17, 15) is 19.2 Å². The van der Waals surface area contributed by atoms with Crippen LogP contribution >= 0.6 is 0 Å². The molecule has 3 aromatic rings. The predicted molar refractivity (Wildman–Crippen MR) is 112 cm³/mol. The largest absolute Gasteiger partial charge is 0.383 e. The SMILES string of the molecule is COCC(Cc1ccccc1)N1C(=O)c2ccc3c4c(ccc(c24)C1=O)C(=O)NC3=O. The maximum atomic E-state index is 13.5. The second-order valence-corrected chi connectivity index (χ2v) is 7.63. The Kier molecular flexibility index (Phi) is 4.41. The molecular weight excluding hydrogens is 396 g/mol. The smallest absolute Gasteiger partial charge is 0.261 e. The molecule has 0 bridgehead atoms. The van der Waals surface area contributed by atoms with E-state index in [-0.39, 0.29) is 17.7 Å². The van der Waals surface area contributed by atoms with Crippen molar-refractivity contribution in [2.24, 2.45) is 0 Å². The molecule has 7 heteroatoms. The number of hydrogen-bond acceptors (Lipinski definition) is 5. The van der Waals surface area contributed by atoms with Gasteiger partial charge in [-0.05, 0) is 36.2 Å². The monoisotopic (exact) mass is 414 g/mol. The van der Waals surface area contributed by atoms with Gasteiger partial charge in [0, 0.05) is 40.1 Å². The Balaban J connectivity index is 1.66. The van der Waals surface area contributed by atoms with Crippen LogP contribution in [0.3, 0.4) is 0 Å². The average molecular weight is 414 g/mol. The van der Waals surface area contributed by atoms with E-state index in [1.807, 2.05) is 30.3 Å². The Hall–Kier alpha value is -3.84. The van der Waals surface area contributed by atoms with E-state index < -0.39 is 29.7 Å². The highest BCUT2D eigenvalue weighted by Gasteiger charge is 2.40. The first-order valence-electron chi connectivity index (χ1n) is 9.87. The quantitative estimate of drug-likeness (QED) is 0.648. The molecule has 154 valence electrons. The Morgan fingerprint density at radius 3 is 1.84 bits per heavy atom. The summed E-state index contributed by atoms with van der Waals surface area (Å²) in [5.74, 6) is -2.00. The summed E-state index contributed by atoms with van der Waals surface area (Å²) >= 11 is 0. The summed E-state index contributed by atoms with van der Waals surface area (Å²) in [6.07, 6.45) is 0.446. The average Bonchev–Trinajstić information content (AvgIpc) is 2.77. The van der Waals surface area contributed by atoms with E-state index in [0.29, 0.717) is 28.3 Å². The molecule has 31 heavy (non-hydrogen) atoms. The summed E-state index contributed by atoms with van der Waals surface area (Å²) in [5, 5.41) is 3.01. The summed E-state index contributed by atoms with van der Waals surface area (Å²) in [5.41, 5.74) is 2.13. The number of amides is 4. The topological polar surface area (TPSA) is 92.8 Å². The lowest BCUT2D eigenvalue weighted by Crippen LogP contribution is -2.50. The molecule has 0 saturated carbocycles. The number of methoxy groups -OCH3 is 1. The van der Waals surface area contributed by atoms with Crippen molar-refractivity contribution in [1.29, 1.82) is 0 Å². The van der Waals surface area contributed by atoms with Crippen molar-refractivity contribution in [2.45, 2.75) is 12.5 Å². The van der Waals surface area contributed by atoms with E-state index in [2.05, 4.69) is 5.32 Å². The van der Waals surface area contributed by atoms with Gasteiger partial charge in [0.1, 0.15) is 0 Å². The number of nitrogens with zero attached hydrogens (tertiary/aromatic N) is 1. The van der Waals surface area contributed by atoms with Crippen LogP contribution in [-0.4, -0.2) is 48.3 Å². The van der Waals surface area contributed by atoms with Crippen molar-refractivity contribution in [3.8, 4) is 0 Å². The minimum absolute atomic E-state index is 0.182. The van der Waals surface area contributed by atoms with Crippen molar-refractivity contribution < 1.29 is 23.9 Å². The number of hydrogen-bond donors (Lipinski definition) is 1. The third-order valence-electron chi connectivity index (χ3n) is 5.81. The van der Waals surface area contributed by atoms with Crippen LogP contribution in [0.5, 0.6) is 0 Å². The molecule has 0 spiro atoms. The molecule has 2 aliphatic rings. The van der Waals surface area contributed by atoms with Crippen LogP contribution in [0.1, 0.15) is 47.0 Å². The number of benzene rings is 3. The molecule has 0 aliphatic carbocycles. The Morgan fingerprint density at radius 2 is 1.29 bits per heavy atom. The van der Waals surface area contributed by atoms with Crippen molar-refractivity contribution in [1.82, 2.24) is 10.2 Å². The summed E-state index contributed by atoms with van der Waals surface area (Å²) in [6.45, 7) is 0.182. The molecule has 7 nitrogen and oxygen atoms in total. The normalized spacial score (nSPS) is 16.0. The van der Waals surface area contributed by atoms with E-state index >= 15 is 0 Å². The third kappa shape index (κ3) is 2.85. The molecule has 4 amide bonds. The fraction of sp³-hybridized carbons (Fsp3) is 0.167. The molecule has 2 aliphatic heterocycles. The number of imide groups is 2. The van der Waals surface area contributed by atoms with Crippen molar-refractivity contribution in [3.05, 3.63) is 82.4 Å². The molecule has 5 rings (SSSR count). The maximum absolute atomic E-state index is 13.5. The molecule has 0 aromatic heterocycles. The zero-order valence-corrected chi connectivity index (χ0v) is 16.7. The van der Waals surface area contributed by atoms with Crippen LogP contribution in [0.25, 0.3) is 10.8 Å². The Labute approximate surface area is 177 Å². The second-order valence-electron chi connectivity index (χ2n) is 7.63. The van der Waals surface area contributed by atoms with Gasteiger partial charge in [0.05, 0.1) is 12.6 Å². The van der Waals surface area contributed by atoms with Gasteiger partial charge < -0.3 is 4.74 Å². The summed E-state index contributed by atoms with van der Waals surface area (Å²) < 4.78 is 5.34. The minimum Gasteiger partial charge on any atom is -0.383 e. The molecule has 0 fully saturated rings. The predicted octanol–water partition coefficient (Wildman–Crippen LogP) is 2.58. The zero-order valence-electron chi connectivity index (χ0n) is 16.7. The zero-order chi connectivity index (χ0) is 21.7. The highest BCUT2D eigenvalue weighted by molar-refractivity contribution is 6.33. The van der Waals surface area contributed by atoms with E-state index in [1.54, 1.807) is 12.1 Å². The molecule has 1 atom stereocenters. The van der Waals surface area contributed by atoms with Crippen molar-refractivity contribution in [2.75, 3.05) is 13.7 Å². The third-order valence-corrected chi connectivity index (χ3v) is 5.81. The molecule has 0 saturated heterocycles. The van der Waals surface area contributed by atoms with E-state index in [1.165, 1.54) is 24.1 Å². The van der Waals surface area contributed by atoms with Crippen LogP contribution in [0.15, 0.2) is 54.6 Å². The lowest BCUT2D eigenvalue weighted by Gasteiger charge is -2.34. The molecule has 1 unspecified atom stereocenters. The Morgan fingerprint density at radius 1 is 0.774 bits per heavy atom. The second kappa shape index (κ2) is 7.14. The van der Waals surface area contributed by atoms with Gasteiger partial charge in [0.25, 0.3) is 23.6 Å². The number of carbonyl (C=O) groups is 4. The molecule has 1 N–H and O–H groups in total. The van der Waals surface area contributed by atoms with Crippen molar-refractivity contribution >= 4 is 34.4 Å². The van der Waals surface area contributed by atoms with Gasteiger partial charge in [-0.2, -0.15) is 0 Å². The van der Waals surface area contributed by atoms with Crippen molar-refractivity contribution in [3.63, 3.8) is 0 Å². The van der Waals surface area contributed by atoms with Gasteiger partial charge in [-0.15, -0.1) is 0 Å². The van der Waals surface area contributed by atoms with Gasteiger partial charge in [-0.3, -0.25) is 29.4 Å². The first kappa shape index (κ1) is 19.1. The number of ether oxygens (including phenoxy) is 1. The lowest BCUT2D eigenvalue weighted by molar-refractivity contribution is 0.0427. The summed E-state index contributed by atoms with van der Waals surface area (Å²) in [7, 11) is 1.53. The molecular formula is C24H18N2O5. The fourth-order valence-corrected chi connectivity index (χ4v) is 4.45. The van der Waals surface area contributed by atoms with E-state index in [4.69, 9.17) is 4.74 Å². The van der Waals surface area contributed by atoms with Crippen LogP contribution in [0, 0.1) is 0 Å². The fourth-order valence-electron chi connectivity index (χ4n) is 4.45. The number of rotatable bonds is 5. The molecule has 2 heterocycles. The first-order chi connectivity index (χ1) is 15.0. The molecule has 0 radical (unpaired) electrons. The van der Waals surface area contributed by atoms with Crippen LogP contribution in [0.2, 0.25) is 0 Å². The van der Waals surface area contributed by atoms with Crippen LogP contribution < -0.4 is 5.32 Å². The minimum atomic E-state index is -0.537. The maximum Gasteiger partial charge on any atom is 0.261 e. The van der Waals surface area contributed by atoms with Crippen LogP contribution in [-0.2, 0) is 11.2 Å². The Bertz CT molecular complexity index is 1210. The van der Waals surface area contributed by atoms with Gasteiger partial charge in [-0.1, -0.05) is 30.3 Å². The standard InChI is InChI=1S/C24H18N2O5/c1-31-12-14(11-13-5-3-2-4-6-13)26-23(29)17-9-7-15-19-16(22(28)25-21(15)27)8-10-18(20(17)19)24(26)30/h2-10,14H,11-12H2,1H3,(H,25,27,28). The first-order valence-corrected chi connectivity index (χ1v) is 9.87. The lowest BCUT2D eigenvalue weighted by atomic mass is 9.86. The van der Waals surface area contributed by atoms with Gasteiger partial charge in [-0.25, -0.2) is 0 Å². The number of carbonyl (C=O) groups excluding carboxylic acids is 4. The summed E-state index contributed by atoms with van der Waals surface area (Å²) in [6, 6.07) is 15.2. The highest BCUT2D eigenvalue weighted by atomic mass is 16.5. The van der Waals surface area contributed by atoms with Gasteiger partial charge >= 0.3 is 0 Å². The summed E-state index contributed by atoms with van der Waals surface area (Å²) in [4.78, 5) is 52.8. The van der Waals surface area contributed by atoms with Gasteiger partial charge in [0.2, 0.25) is 0 Å². The van der Waals surface area contributed by atoms with E-state index in [0.717, 1.165) is 5.56 Å². The van der Waals surface area contributed by atoms with Crippen LogP contribution in [0.4, 0.5) is 0 Å². The molecule has 3 aromatic carbocycles. The highest BCUT2D eigenvalue weighted by Crippen LogP contribution is 2.36. The number of nitrogens with one attached hydrogen (secondary N) is 1. The van der Waals surface area contributed by atoms with Gasteiger partial charge in [0.15, 0.2) is 0 Å².